The monoisotopic (exact) mass is 495 g/mol. The van der Waals surface area contributed by atoms with E-state index in [1.165, 1.54) is 18.2 Å². The highest BCUT2D eigenvalue weighted by molar-refractivity contribution is 5.98. The molecule has 0 aromatic heterocycles. The van der Waals surface area contributed by atoms with Gasteiger partial charge in [0.1, 0.15) is 11.9 Å². The minimum atomic E-state index is -0.688. The molecule has 3 heterocycles. The zero-order valence-electron chi connectivity index (χ0n) is 20.1. The second-order valence-electron chi connectivity index (χ2n) is 9.55. The van der Waals surface area contributed by atoms with Crippen LogP contribution in [0.3, 0.4) is 0 Å². The van der Waals surface area contributed by atoms with Gasteiger partial charge in [0.2, 0.25) is 12.7 Å². The molecular formula is C27H30FN3O5. The summed E-state index contributed by atoms with van der Waals surface area (Å²) in [6, 6.07) is 9.96. The van der Waals surface area contributed by atoms with Crippen LogP contribution >= 0.6 is 0 Å². The lowest BCUT2D eigenvalue weighted by Crippen LogP contribution is -2.55. The summed E-state index contributed by atoms with van der Waals surface area (Å²) in [4.78, 5) is 43.2. The maximum atomic E-state index is 13.6. The number of amides is 3. The van der Waals surface area contributed by atoms with Crippen molar-refractivity contribution in [3.8, 4) is 11.5 Å². The fourth-order valence-corrected chi connectivity index (χ4v) is 5.19. The van der Waals surface area contributed by atoms with Gasteiger partial charge >= 0.3 is 0 Å². The van der Waals surface area contributed by atoms with E-state index < -0.39 is 11.9 Å². The molecule has 9 heteroatoms. The van der Waals surface area contributed by atoms with E-state index in [1.54, 1.807) is 29.2 Å². The van der Waals surface area contributed by atoms with Crippen LogP contribution in [0.5, 0.6) is 11.5 Å². The van der Waals surface area contributed by atoms with Crippen LogP contribution < -0.4 is 14.8 Å². The number of nitrogens with zero attached hydrogens (tertiary/aromatic N) is 2. The summed E-state index contributed by atoms with van der Waals surface area (Å²) in [7, 11) is 0. The van der Waals surface area contributed by atoms with Gasteiger partial charge in [-0.05, 0) is 74.4 Å². The van der Waals surface area contributed by atoms with E-state index >= 15 is 0 Å². The zero-order valence-corrected chi connectivity index (χ0v) is 20.1. The Balaban J connectivity index is 1.29. The molecule has 8 nitrogen and oxygen atoms in total. The molecule has 5 rings (SSSR count). The first kappa shape index (κ1) is 24.1. The molecular weight excluding hydrogens is 465 g/mol. The molecule has 2 aromatic rings. The van der Waals surface area contributed by atoms with E-state index in [0.29, 0.717) is 61.6 Å². The van der Waals surface area contributed by atoms with E-state index in [9.17, 15) is 18.8 Å². The van der Waals surface area contributed by atoms with Crippen molar-refractivity contribution >= 4 is 17.7 Å². The summed E-state index contributed by atoms with van der Waals surface area (Å²) in [6.45, 7) is 2.36. The Morgan fingerprint density at radius 2 is 1.61 bits per heavy atom. The second-order valence-corrected chi connectivity index (χ2v) is 9.55. The molecule has 3 aliphatic heterocycles. The number of benzene rings is 2. The highest BCUT2D eigenvalue weighted by Crippen LogP contribution is 2.33. The maximum absolute atomic E-state index is 13.6. The van der Waals surface area contributed by atoms with Crippen molar-refractivity contribution < 1.29 is 28.2 Å². The number of likely N-dealkylation sites (tertiary alicyclic amines) is 2. The number of fused-ring (bicyclic) bond motifs is 1. The van der Waals surface area contributed by atoms with Crippen LogP contribution in [0.15, 0.2) is 42.5 Å². The Morgan fingerprint density at radius 1 is 0.861 bits per heavy atom. The van der Waals surface area contributed by atoms with Crippen molar-refractivity contribution in [2.45, 2.75) is 38.1 Å². The van der Waals surface area contributed by atoms with Crippen molar-refractivity contribution in [3.05, 3.63) is 59.4 Å². The van der Waals surface area contributed by atoms with Gasteiger partial charge < -0.3 is 24.6 Å². The van der Waals surface area contributed by atoms with E-state index in [2.05, 4.69) is 5.32 Å². The molecule has 0 saturated carbocycles. The van der Waals surface area contributed by atoms with Crippen molar-refractivity contribution in [1.82, 2.24) is 15.1 Å². The molecule has 2 fully saturated rings. The SMILES string of the molecule is O=C(N[C@H](C(=O)N1CCCCC1)C1CCN(C(=O)c2cccc(F)c2)CC1)c1ccc2c(c1)OCO2. The van der Waals surface area contributed by atoms with E-state index in [-0.39, 0.29) is 30.4 Å². The first-order valence-electron chi connectivity index (χ1n) is 12.5. The van der Waals surface area contributed by atoms with Crippen LogP contribution in [-0.4, -0.2) is 66.5 Å². The quantitative estimate of drug-likeness (QED) is 0.688. The van der Waals surface area contributed by atoms with Gasteiger partial charge in [-0.3, -0.25) is 14.4 Å². The number of piperidine rings is 2. The number of hydrogen-bond acceptors (Lipinski definition) is 5. The van der Waals surface area contributed by atoms with Crippen LogP contribution in [0.4, 0.5) is 4.39 Å². The third-order valence-electron chi connectivity index (χ3n) is 7.22. The van der Waals surface area contributed by atoms with Gasteiger partial charge in [-0.25, -0.2) is 4.39 Å². The highest BCUT2D eigenvalue weighted by Gasteiger charge is 2.37. The van der Waals surface area contributed by atoms with Crippen LogP contribution in [0.1, 0.15) is 52.8 Å². The average Bonchev–Trinajstić information content (AvgIpc) is 3.39. The molecule has 1 atom stereocenters. The fraction of sp³-hybridized carbons (Fsp3) is 0.444. The molecule has 0 unspecified atom stereocenters. The third kappa shape index (κ3) is 5.15. The van der Waals surface area contributed by atoms with Crippen LogP contribution in [0.25, 0.3) is 0 Å². The molecule has 0 aliphatic carbocycles. The summed E-state index contributed by atoms with van der Waals surface area (Å²) in [6.07, 6.45) is 4.13. The summed E-state index contributed by atoms with van der Waals surface area (Å²) in [5.41, 5.74) is 0.708. The van der Waals surface area contributed by atoms with Gasteiger partial charge in [0, 0.05) is 37.3 Å². The smallest absolute Gasteiger partial charge is 0.253 e. The van der Waals surface area contributed by atoms with Gasteiger partial charge in [-0.1, -0.05) is 6.07 Å². The molecule has 2 saturated heterocycles. The van der Waals surface area contributed by atoms with Crippen LogP contribution in [0.2, 0.25) is 0 Å². The number of nitrogens with one attached hydrogen (secondary N) is 1. The molecule has 2 aromatic carbocycles. The van der Waals surface area contributed by atoms with Gasteiger partial charge in [-0.15, -0.1) is 0 Å². The molecule has 0 radical (unpaired) electrons. The first-order chi connectivity index (χ1) is 17.5. The van der Waals surface area contributed by atoms with E-state index in [1.807, 2.05) is 4.90 Å². The molecule has 0 spiro atoms. The first-order valence-corrected chi connectivity index (χ1v) is 12.5. The largest absolute Gasteiger partial charge is 0.454 e. The summed E-state index contributed by atoms with van der Waals surface area (Å²) in [5, 5.41) is 2.99. The summed E-state index contributed by atoms with van der Waals surface area (Å²) >= 11 is 0. The molecule has 3 aliphatic rings. The fourth-order valence-electron chi connectivity index (χ4n) is 5.19. The number of hydrogen-bond donors (Lipinski definition) is 1. The van der Waals surface area contributed by atoms with Gasteiger partial charge in [-0.2, -0.15) is 0 Å². The van der Waals surface area contributed by atoms with Crippen LogP contribution in [0, 0.1) is 11.7 Å². The summed E-state index contributed by atoms with van der Waals surface area (Å²) < 4.78 is 24.3. The molecule has 0 bridgehead atoms. The molecule has 3 amide bonds. The molecule has 36 heavy (non-hydrogen) atoms. The minimum absolute atomic E-state index is 0.0706. The Hall–Kier alpha value is -3.62. The lowest BCUT2D eigenvalue weighted by atomic mass is 9.87. The number of ether oxygens (including phenoxy) is 2. The van der Waals surface area contributed by atoms with E-state index in [0.717, 1.165) is 19.3 Å². The third-order valence-corrected chi connectivity index (χ3v) is 7.22. The lowest BCUT2D eigenvalue weighted by Gasteiger charge is -2.38. The number of halogens is 1. The minimum Gasteiger partial charge on any atom is -0.454 e. The van der Waals surface area contributed by atoms with Crippen molar-refractivity contribution in [2.24, 2.45) is 5.92 Å². The number of rotatable bonds is 5. The van der Waals surface area contributed by atoms with Gasteiger partial charge in [0.15, 0.2) is 11.5 Å². The Kier molecular flexibility index (Phi) is 7.06. The topological polar surface area (TPSA) is 88.2 Å². The predicted molar refractivity (Wildman–Crippen MR) is 129 cm³/mol. The van der Waals surface area contributed by atoms with Gasteiger partial charge in [0.05, 0.1) is 0 Å². The molecule has 190 valence electrons. The van der Waals surface area contributed by atoms with Gasteiger partial charge in [0.25, 0.3) is 11.8 Å². The Morgan fingerprint density at radius 3 is 2.36 bits per heavy atom. The van der Waals surface area contributed by atoms with Crippen molar-refractivity contribution in [3.63, 3.8) is 0 Å². The van der Waals surface area contributed by atoms with Crippen molar-refractivity contribution in [1.29, 1.82) is 0 Å². The Labute approximate surface area is 209 Å². The lowest BCUT2D eigenvalue weighted by molar-refractivity contribution is -0.136. The number of carbonyl (C=O) groups is 3. The molecule has 1 N–H and O–H groups in total. The second kappa shape index (κ2) is 10.6. The van der Waals surface area contributed by atoms with E-state index in [4.69, 9.17) is 9.47 Å². The Bertz CT molecular complexity index is 1140. The normalized spacial score (nSPS) is 18.6. The maximum Gasteiger partial charge on any atom is 0.253 e. The standard InChI is InChI=1S/C27H30FN3O5/c28-21-6-4-5-20(15-21)26(33)31-13-9-18(10-14-31)24(27(34)30-11-2-1-3-12-30)29-25(32)19-7-8-22-23(16-19)36-17-35-22/h4-8,15-16,18,24H,1-3,9-14,17H2,(H,29,32)/t24-/m0/s1. The number of carbonyl (C=O) groups excluding carboxylic acids is 3. The predicted octanol–water partition coefficient (Wildman–Crippen LogP) is 3.22. The zero-order chi connectivity index (χ0) is 25.1. The van der Waals surface area contributed by atoms with Crippen LogP contribution in [-0.2, 0) is 4.79 Å². The average molecular weight is 496 g/mol. The van der Waals surface area contributed by atoms with Crippen molar-refractivity contribution in [2.75, 3.05) is 33.0 Å². The summed E-state index contributed by atoms with van der Waals surface area (Å²) in [5.74, 6) is -0.117. The highest BCUT2D eigenvalue weighted by atomic mass is 19.1.